The number of fused-ring (bicyclic) bond motifs is 2. The van der Waals surface area contributed by atoms with Crippen LogP contribution in [0.25, 0.3) is 5.65 Å². The van der Waals surface area contributed by atoms with Crippen LogP contribution in [-0.4, -0.2) is 74.1 Å². The molecule has 0 radical (unpaired) electrons. The molecule has 1 aliphatic heterocycles. The number of carbonyl (C=O) groups is 2. The number of anilines is 1. The average Bonchev–Trinajstić information content (AvgIpc) is 3.76. The Morgan fingerprint density at radius 2 is 1.76 bits per heavy atom. The third-order valence-corrected chi connectivity index (χ3v) is 10.6. The quantitative estimate of drug-likeness (QED) is 0.173. The van der Waals surface area contributed by atoms with E-state index in [4.69, 9.17) is 9.47 Å². The molecule has 1 saturated carbocycles. The van der Waals surface area contributed by atoms with Crippen molar-refractivity contribution in [2.45, 2.75) is 102 Å². The molecule has 51 heavy (non-hydrogen) atoms. The van der Waals surface area contributed by atoms with Gasteiger partial charge in [0.25, 0.3) is 0 Å². The Morgan fingerprint density at radius 3 is 2.53 bits per heavy atom. The number of urea groups is 1. The summed E-state index contributed by atoms with van der Waals surface area (Å²) >= 11 is 0. The van der Waals surface area contributed by atoms with Crippen LogP contribution in [0.1, 0.15) is 124 Å². The number of rotatable bonds is 10. The van der Waals surface area contributed by atoms with Gasteiger partial charge in [0.15, 0.2) is 17.3 Å². The first-order valence-electron chi connectivity index (χ1n) is 18.5. The number of nitrogens with zero attached hydrogens (tertiary/aromatic N) is 6. The van der Waals surface area contributed by atoms with Gasteiger partial charge in [-0.25, -0.2) is 14.8 Å². The summed E-state index contributed by atoms with van der Waals surface area (Å²) in [6.07, 6.45) is 8.96. The van der Waals surface area contributed by atoms with Crippen molar-refractivity contribution in [1.82, 2.24) is 34.8 Å². The number of nitrogens with one attached hydrogen (secondary N) is 2. The second-order valence-electron chi connectivity index (χ2n) is 15.5. The number of benzene rings is 1. The van der Waals surface area contributed by atoms with E-state index in [1.54, 1.807) is 6.07 Å². The number of morpholine rings is 1. The van der Waals surface area contributed by atoms with Gasteiger partial charge >= 0.3 is 6.03 Å². The smallest absolute Gasteiger partial charge is 0.320 e. The summed E-state index contributed by atoms with van der Waals surface area (Å²) in [4.78, 5) is 38.2. The number of carbonyl (C=O) groups excluding carboxylic acids is 2. The highest BCUT2D eigenvalue weighted by molar-refractivity contribution is 5.94. The molecule has 0 bridgehead atoms. The minimum Gasteiger partial charge on any atom is -0.484 e. The third kappa shape index (κ3) is 7.92. The lowest BCUT2D eigenvalue weighted by Gasteiger charge is -2.32. The van der Waals surface area contributed by atoms with Crippen molar-refractivity contribution in [3.05, 3.63) is 77.1 Å². The first kappa shape index (κ1) is 35.0. The maximum Gasteiger partial charge on any atom is 0.320 e. The fraction of sp³-hybridized carbons (Fsp3) is 0.538. The van der Waals surface area contributed by atoms with Crippen molar-refractivity contribution in [2.75, 3.05) is 38.2 Å². The van der Waals surface area contributed by atoms with Crippen LogP contribution in [0.5, 0.6) is 5.75 Å². The van der Waals surface area contributed by atoms with Crippen LogP contribution in [0.2, 0.25) is 0 Å². The maximum absolute atomic E-state index is 13.5. The number of aromatic nitrogens is 5. The predicted molar refractivity (Wildman–Crippen MR) is 194 cm³/mol. The summed E-state index contributed by atoms with van der Waals surface area (Å²) in [5.74, 6) is 2.08. The number of ether oxygens (including phenoxy) is 2. The van der Waals surface area contributed by atoms with Crippen LogP contribution < -0.4 is 15.4 Å². The highest BCUT2D eigenvalue weighted by atomic mass is 16.5. The fourth-order valence-electron chi connectivity index (χ4n) is 7.65. The molecule has 0 spiro atoms. The van der Waals surface area contributed by atoms with Crippen LogP contribution in [0.15, 0.2) is 48.7 Å². The van der Waals surface area contributed by atoms with Crippen LogP contribution in [0.3, 0.4) is 0 Å². The zero-order chi connectivity index (χ0) is 35.6. The SMILES string of the molecule is CC(C)(C)c1cc(NC(=O)N[C@H]2CC[C@@H](Oc3ccc4nnc(C5(C)CCCC5)n4c3)c3ccccc32)nc(C(=O)CCCN2CCOCC2)n1. The Kier molecular flexibility index (Phi) is 10.1. The van der Waals surface area contributed by atoms with Crippen molar-refractivity contribution in [3.8, 4) is 5.75 Å². The summed E-state index contributed by atoms with van der Waals surface area (Å²) < 4.78 is 14.2. The van der Waals surface area contributed by atoms with Gasteiger partial charge in [-0.2, -0.15) is 0 Å². The van der Waals surface area contributed by atoms with Crippen LogP contribution in [-0.2, 0) is 15.6 Å². The van der Waals surface area contributed by atoms with Crippen molar-refractivity contribution in [2.24, 2.45) is 0 Å². The molecular weight excluding hydrogens is 644 g/mol. The van der Waals surface area contributed by atoms with E-state index in [0.29, 0.717) is 30.8 Å². The molecule has 2 fully saturated rings. The van der Waals surface area contributed by atoms with Crippen molar-refractivity contribution < 1.29 is 19.1 Å². The van der Waals surface area contributed by atoms with E-state index in [1.807, 2.05) is 57.3 Å². The molecule has 0 unspecified atom stereocenters. The third-order valence-electron chi connectivity index (χ3n) is 10.6. The van der Waals surface area contributed by atoms with E-state index in [1.165, 1.54) is 12.8 Å². The van der Waals surface area contributed by atoms with E-state index >= 15 is 0 Å². The molecule has 2 N–H and O–H groups in total. The molecule has 12 heteroatoms. The number of Topliss-reactive ketones (excluding diaryl/α,β-unsaturated/α-hetero) is 1. The largest absolute Gasteiger partial charge is 0.484 e. The Balaban J connectivity index is 1.03. The molecule has 270 valence electrons. The number of hydrogen-bond acceptors (Lipinski definition) is 9. The average molecular weight is 695 g/mol. The zero-order valence-electron chi connectivity index (χ0n) is 30.3. The summed E-state index contributed by atoms with van der Waals surface area (Å²) in [7, 11) is 0. The summed E-state index contributed by atoms with van der Waals surface area (Å²) in [6.45, 7) is 12.4. The second-order valence-corrected chi connectivity index (χ2v) is 15.5. The lowest BCUT2D eigenvalue weighted by atomic mass is 9.85. The minimum absolute atomic E-state index is 0.0231. The molecule has 1 aromatic carbocycles. The Bertz CT molecular complexity index is 1870. The molecule has 3 aliphatic rings. The van der Waals surface area contributed by atoms with Crippen LogP contribution in [0, 0.1) is 0 Å². The van der Waals surface area contributed by atoms with E-state index in [0.717, 1.165) is 80.5 Å². The van der Waals surface area contributed by atoms with E-state index < -0.39 is 0 Å². The van der Waals surface area contributed by atoms with Gasteiger partial charge in [0.2, 0.25) is 0 Å². The minimum atomic E-state index is -0.385. The molecular formula is C39H50N8O4. The molecule has 12 nitrogen and oxygen atoms in total. The molecule has 3 aromatic heterocycles. The van der Waals surface area contributed by atoms with Gasteiger partial charge in [0.1, 0.15) is 23.5 Å². The fourth-order valence-corrected chi connectivity index (χ4v) is 7.65. The molecule has 4 heterocycles. The topological polar surface area (TPSA) is 136 Å². The van der Waals surface area contributed by atoms with Crippen molar-refractivity contribution >= 4 is 23.3 Å². The molecule has 2 atom stereocenters. The Hall–Kier alpha value is -4.42. The van der Waals surface area contributed by atoms with E-state index in [9.17, 15) is 9.59 Å². The molecule has 4 aromatic rings. The van der Waals surface area contributed by atoms with Crippen LogP contribution in [0.4, 0.5) is 10.6 Å². The van der Waals surface area contributed by atoms with Crippen molar-refractivity contribution in [3.63, 3.8) is 0 Å². The van der Waals surface area contributed by atoms with Gasteiger partial charge in [0.05, 0.1) is 31.1 Å². The van der Waals surface area contributed by atoms with E-state index in [-0.39, 0.29) is 40.6 Å². The highest BCUT2D eigenvalue weighted by Gasteiger charge is 2.35. The molecule has 2 aliphatic carbocycles. The summed E-state index contributed by atoms with van der Waals surface area (Å²) in [5, 5.41) is 15.1. The predicted octanol–water partition coefficient (Wildman–Crippen LogP) is 6.72. The van der Waals surface area contributed by atoms with Gasteiger partial charge in [-0.3, -0.25) is 19.4 Å². The number of hydrogen-bond donors (Lipinski definition) is 2. The number of pyridine rings is 1. The zero-order valence-corrected chi connectivity index (χ0v) is 30.3. The Morgan fingerprint density at radius 1 is 1.00 bits per heavy atom. The van der Waals surface area contributed by atoms with Gasteiger partial charge in [0, 0.05) is 36.4 Å². The van der Waals surface area contributed by atoms with Gasteiger partial charge in [-0.1, -0.05) is 64.8 Å². The molecule has 7 rings (SSSR count). The molecule has 1 saturated heterocycles. The van der Waals surface area contributed by atoms with Crippen LogP contribution >= 0.6 is 0 Å². The van der Waals surface area contributed by atoms with Gasteiger partial charge < -0.3 is 14.8 Å². The summed E-state index contributed by atoms with van der Waals surface area (Å²) in [5.41, 5.74) is 3.26. The van der Waals surface area contributed by atoms with Gasteiger partial charge in [-0.15, -0.1) is 10.2 Å². The summed E-state index contributed by atoms with van der Waals surface area (Å²) in [6, 6.07) is 13.2. The lowest BCUT2D eigenvalue weighted by molar-refractivity contribution is 0.0371. The van der Waals surface area contributed by atoms with E-state index in [2.05, 4.69) is 53.1 Å². The molecule has 2 amide bonds. The maximum atomic E-state index is 13.5. The highest BCUT2D eigenvalue weighted by Crippen LogP contribution is 2.41. The first-order chi connectivity index (χ1) is 24.6. The monoisotopic (exact) mass is 694 g/mol. The standard InChI is InChI=1S/C39H50N8O4/c1-38(2,3)32-24-33(42-35(41-32)30(48)12-9-19-46-20-22-50-23-21-46)43-37(49)40-29-14-15-31(28-11-6-5-10-27(28)29)51-26-13-16-34-44-45-36(47(34)25-26)39(4)17-7-8-18-39/h5-6,10-11,13,16,24-25,29,31H,7-9,12,14-15,17-23H2,1-4H3,(H2,40,41,42,43,49)/t29-,31+/m0/s1. The van der Waals surface area contributed by atoms with Gasteiger partial charge in [-0.05, 0) is 61.9 Å². The Labute approximate surface area is 299 Å². The second kappa shape index (κ2) is 14.7. The number of ketones is 1. The normalized spacial score (nSPS) is 20.5. The lowest BCUT2D eigenvalue weighted by Crippen LogP contribution is -2.37. The first-order valence-corrected chi connectivity index (χ1v) is 18.5. The van der Waals surface area contributed by atoms with Crippen molar-refractivity contribution in [1.29, 1.82) is 0 Å². The number of amides is 2.